The van der Waals surface area contributed by atoms with Crippen LogP contribution in [0.15, 0.2) is 12.1 Å². The molecule has 1 atom stereocenters. The van der Waals surface area contributed by atoms with Gasteiger partial charge in [-0.1, -0.05) is 23.2 Å². The number of anilines is 1. The van der Waals surface area contributed by atoms with Crippen LogP contribution in [0.2, 0.25) is 10.3 Å². The molecule has 1 aromatic heterocycles. The van der Waals surface area contributed by atoms with Crippen molar-refractivity contribution in [1.29, 1.82) is 0 Å². The molecule has 0 aliphatic carbocycles. The number of rotatable bonds is 1. The fourth-order valence-electron chi connectivity index (χ4n) is 1.52. The van der Waals surface area contributed by atoms with E-state index in [2.05, 4.69) is 4.98 Å². The maximum atomic E-state index is 11.5. The van der Waals surface area contributed by atoms with Crippen LogP contribution < -0.4 is 4.90 Å². The Balaban J connectivity index is 2.33. The summed E-state index contributed by atoms with van der Waals surface area (Å²) >= 11 is 17.4. The number of amides is 1. The molecule has 1 unspecified atom stereocenters. The van der Waals surface area contributed by atoms with Gasteiger partial charge in [0.2, 0.25) is 5.91 Å². The summed E-state index contributed by atoms with van der Waals surface area (Å²) < 4.78 is 0. The van der Waals surface area contributed by atoms with Gasteiger partial charge < -0.3 is 4.90 Å². The Morgan fingerprint density at radius 1 is 1.33 bits per heavy atom. The van der Waals surface area contributed by atoms with E-state index in [1.807, 2.05) is 0 Å². The molecule has 1 aromatic rings. The molecular weight excluding hydrogens is 258 g/mol. The van der Waals surface area contributed by atoms with Crippen LogP contribution in [-0.2, 0) is 4.79 Å². The molecule has 2 rings (SSSR count). The van der Waals surface area contributed by atoms with Crippen LogP contribution in [0.5, 0.6) is 0 Å². The molecule has 15 heavy (non-hydrogen) atoms. The number of carbonyl (C=O) groups is 1. The third-order valence-electron chi connectivity index (χ3n) is 2.14. The summed E-state index contributed by atoms with van der Waals surface area (Å²) in [4.78, 5) is 16.9. The summed E-state index contributed by atoms with van der Waals surface area (Å²) in [5.41, 5.74) is 0.646. The van der Waals surface area contributed by atoms with Gasteiger partial charge in [0.25, 0.3) is 0 Å². The minimum Gasteiger partial charge on any atom is -0.311 e. The molecular formula is C9H7Cl3N2O. The maximum Gasteiger partial charge on any atom is 0.228 e. The summed E-state index contributed by atoms with van der Waals surface area (Å²) in [6, 6.07) is 3.19. The zero-order valence-corrected chi connectivity index (χ0v) is 9.85. The number of halogens is 3. The Morgan fingerprint density at radius 2 is 1.93 bits per heavy atom. The second kappa shape index (κ2) is 4.16. The van der Waals surface area contributed by atoms with E-state index >= 15 is 0 Å². The van der Waals surface area contributed by atoms with E-state index in [9.17, 15) is 4.79 Å². The molecule has 6 heteroatoms. The van der Waals surface area contributed by atoms with Gasteiger partial charge in [0.05, 0.1) is 5.38 Å². The van der Waals surface area contributed by atoms with E-state index in [4.69, 9.17) is 34.8 Å². The van der Waals surface area contributed by atoms with Gasteiger partial charge in [-0.2, -0.15) is 0 Å². The minimum atomic E-state index is -0.150. The molecule has 0 aromatic carbocycles. The lowest BCUT2D eigenvalue weighted by Gasteiger charge is -2.15. The van der Waals surface area contributed by atoms with E-state index in [0.29, 0.717) is 18.7 Å². The average Bonchev–Trinajstić information content (AvgIpc) is 2.43. The molecule has 3 nitrogen and oxygen atoms in total. The predicted octanol–water partition coefficient (Wildman–Crippen LogP) is 2.73. The van der Waals surface area contributed by atoms with Crippen molar-refractivity contribution in [2.75, 3.05) is 11.4 Å². The third-order valence-corrected chi connectivity index (χ3v) is 2.82. The van der Waals surface area contributed by atoms with Crippen LogP contribution >= 0.6 is 34.8 Å². The van der Waals surface area contributed by atoms with Gasteiger partial charge in [-0.3, -0.25) is 4.79 Å². The summed E-state index contributed by atoms with van der Waals surface area (Å²) in [5.74, 6) is -0.0201. The van der Waals surface area contributed by atoms with E-state index < -0.39 is 0 Å². The molecule has 0 bridgehead atoms. The van der Waals surface area contributed by atoms with Gasteiger partial charge in [0.1, 0.15) is 10.3 Å². The monoisotopic (exact) mass is 264 g/mol. The van der Waals surface area contributed by atoms with Crippen molar-refractivity contribution >= 4 is 46.4 Å². The molecule has 1 amide bonds. The molecule has 1 aliphatic heterocycles. The fraction of sp³-hybridized carbons (Fsp3) is 0.333. The Bertz CT molecular complexity index is 390. The Labute approximate surface area is 102 Å². The van der Waals surface area contributed by atoms with E-state index in [1.54, 1.807) is 17.0 Å². The van der Waals surface area contributed by atoms with Gasteiger partial charge in [0, 0.05) is 18.7 Å². The zero-order valence-electron chi connectivity index (χ0n) is 7.58. The highest BCUT2D eigenvalue weighted by molar-refractivity contribution is 6.33. The van der Waals surface area contributed by atoms with Crippen LogP contribution in [0.25, 0.3) is 0 Å². The lowest BCUT2D eigenvalue weighted by molar-refractivity contribution is -0.117. The van der Waals surface area contributed by atoms with Crippen LogP contribution in [0.4, 0.5) is 5.69 Å². The number of alkyl halides is 1. The van der Waals surface area contributed by atoms with Gasteiger partial charge in [0.15, 0.2) is 0 Å². The number of hydrogen-bond donors (Lipinski definition) is 0. The number of hydrogen-bond acceptors (Lipinski definition) is 2. The topological polar surface area (TPSA) is 33.2 Å². The molecule has 0 spiro atoms. The van der Waals surface area contributed by atoms with Crippen molar-refractivity contribution in [1.82, 2.24) is 4.98 Å². The smallest absolute Gasteiger partial charge is 0.228 e. The number of pyridine rings is 1. The summed E-state index contributed by atoms with van der Waals surface area (Å²) in [7, 11) is 0. The molecule has 1 fully saturated rings. The zero-order chi connectivity index (χ0) is 11.0. The fourth-order valence-corrected chi connectivity index (χ4v) is 2.24. The van der Waals surface area contributed by atoms with Crippen molar-refractivity contribution in [2.45, 2.75) is 11.8 Å². The second-order valence-electron chi connectivity index (χ2n) is 3.28. The van der Waals surface area contributed by atoms with E-state index in [1.165, 1.54) is 0 Å². The summed E-state index contributed by atoms with van der Waals surface area (Å²) in [5, 5.41) is 0.384. The quantitative estimate of drug-likeness (QED) is 0.578. The first-order chi connectivity index (χ1) is 7.06. The van der Waals surface area contributed by atoms with Gasteiger partial charge >= 0.3 is 0 Å². The van der Waals surface area contributed by atoms with Crippen molar-refractivity contribution < 1.29 is 4.79 Å². The van der Waals surface area contributed by atoms with E-state index in [-0.39, 0.29) is 21.6 Å². The first kappa shape index (κ1) is 11.0. The van der Waals surface area contributed by atoms with Gasteiger partial charge in [-0.25, -0.2) is 4.98 Å². The molecule has 0 radical (unpaired) electrons. The highest BCUT2D eigenvalue weighted by Gasteiger charge is 2.29. The Morgan fingerprint density at radius 3 is 2.40 bits per heavy atom. The van der Waals surface area contributed by atoms with Crippen molar-refractivity contribution in [3.05, 3.63) is 22.4 Å². The number of nitrogens with zero attached hydrogens (tertiary/aromatic N) is 2. The SMILES string of the molecule is O=C1CC(Cl)CN1c1cc(Cl)nc(Cl)c1. The average molecular weight is 266 g/mol. The highest BCUT2D eigenvalue weighted by atomic mass is 35.5. The van der Waals surface area contributed by atoms with Crippen molar-refractivity contribution in [3.63, 3.8) is 0 Å². The van der Waals surface area contributed by atoms with Gasteiger partial charge in [-0.05, 0) is 12.1 Å². The predicted molar refractivity (Wildman–Crippen MR) is 60.9 cm³/mol. The lowest BCUT2D eigenvalue weighted by Crippen LogP contribution is -2.24. The number of aromatic nitrogens is 1. The maximum absolute atomic E-state index is 11.5. The van der Waals surface area contributed by atoms with Crippen molar-refractivity contribution in [3.8, 4) is 0 Å². The third kappa shape index (κ3) is 2.36. The highest BCUT2D eigenvalue weighted by Crippen LogP contribution is 2.27. The van der Waals surface area contributed by atoms with E-state index in [0.717, 1.165) is 0 Å². The summed E-state index contributed by atoms with van der Waals surface area (Å²) in [6.07, 6.45) is 0.346. The standard InChI is InChI=1S/C9H7Cl3N2O/c10-5-1-9(15)14(4-5)6-2-7(11)13-8(12)3-6/h2-3,5H,1,4H2. The normalized spacial score (nSPS) is 21.1. The Hall–Kier alpha value is -0.510. The van der Waals surface area contributed by atoms with Crippen LogP contribution in [-0.4, -0.2) is 22.8 Å². The van der Waals surface area contributed by atoms with Crippen LogP contribution in [0, 0.1) is 0 Å². The molecule has 1 saturated heterocycles. The van der Waals surface area contributed by atoms with Crippen LogP contribution in [0.3, 0.4) is 0 Å². The lowest BCUT2D eigenvalue weighted by atomic mass is 10.3. The van der Waals surface area contributed by atoms with Crippen molar-refractivity contribution in [2.24, 2.45) is 0 Å². The largest absolute Gasteiger partial charge is 0.311 e. The molecule has 80 valence electrons. The van der Waals surface area contributed by atoms with Gasteiger partial charge in [-0.15, -0.1) is 11.6 Å². The second-order valence-corrected chi connectivity index (χ2v) is 4.67. The first-order valence-electron chi connectivity index (χ1n) is 4.34. The minimum absolute atomic E-state index is 0.0201. The van der Waals surface area contributed by atoms with Crippen LogP contribution in [0.1, 0.15) is 6.42 Å². The molecule has 2 heterocycles. The molecule has 0 saturated carbocycles. The first-order valence-corrected chi connectivity index (χ1v) is 5.53. The molecule has 1 aliphatic rings. The Kier molecular flexibility index (Phi) is 3.05. The summed E-state index contributed by atoms with van der Waals surface area (Å²) in [6.45, 7) is 0.483. The number of carbonyl (C=O) groups excluding carboxylic acids is 1. The molecule has 0 N–H and O–H groups in total.